The van der Waals surface area contributed by atoms with Crippen LogP contribution in [-0.2, 0) is 6.42 Å². The number of H-pyrrole nitrogens is 1. The van der Waals surface area contributed by atoms with E-state index in [-0.39, 0.29) is 5.82 Å². The largest absolute Gasteiger partial charge is 0.342 e. The lowest BCUT2D eigenvalue weighted by Gasteiger charge is -1.99. The second-order valence-corrected chi connectivity index (χ2v) is 4.30. The van der Waals surface area contributed by atoms with Crippen LogP contribution in [0, 0.1) is 17.1 Å². The van der Waals surface area contributed by atoms with Gasteiger partial charge in [-0.15, -0.1) is 0 Å². The minimum atomic E-state index is -0.235. The molecule has 0 fully saturated rings. The predicted molar refractivity (Wildman–Crippen MR) is 70.0 cm³/mol. The van der Waals surface area contributed by atoms with Crippen molar-refractivity contribution in [1.82, 2.24) is 9.97 Å². The third-order valence-electron chi connectivity index (χ3n) is 2.98. The van der Waals surface area contributed by atoms with Gasteiger partial charge in [0.15, 0.2) is 0 Å². The number of aromatic nitrogens is 2. The third-order valence-corrected chi connectivity index (χ3v) is 2.98. The molecule has 1 N–H and O–H groups in total. The van der Waals surface area contributed by atoms with Gasteiger partial charge < -0.3 is 4.98 Å². The number of hydrogen-bond acceptors (Lipinski definition) is 2. The van der Waals surface area contributed by atoms with Gasteiger partial charge in [0.1, 0.15) is 11.6 Å². The molecular weight excluding hydrogens is 241 g/mol. The third kappa shape index (κ3) is 2.18. The Morgan fingerprint density at radius 3 is 2.84 bits per heavy atom. The molecule has 0 aliphatic heterocycles. The first kappa shape index (κ1) is 11.4. The van der Waals surface area contributed by atoms with Crippen LogP contribution in [0.1, 0.15) is 17.0 Å². The molecule has 3 rings (SSSR count). The number of fused-ring (bicyclic) bond motifs is 1. The van der Waals surface area contributed by atoms with Gasteiger partial charge in [0.2, 0.25) is 0 Å². The van der Waals surface area contributed by atoms with E-state index in [1.165, 1.54) is 6.07 Å². The van der Waals surface area contributed by atoms with Gasteiger partial charge in [-0.05, 0) is 29.8 Å². The SMILES string of the molecule is N#Cc1ccc2nc(Cc3ccccc3F)[nH]c2c1. The molecule has 1 heterocycles. The molecule has 2 aromatic carbocycles. The van der Waals surface area contributed by atoms with E-state index >= 15 is 0 Å². The van der Waals surface area contributed by atoms with Gasteiger partial charge in [0.25, 0.3) is 0 Å². The van der Waals surface area contributed by atoms with E-state index in [1.807, 2.05) is 0 Å². The molecule has 4 heteroatoms. The molecule has 0 amide bonds. The van der Waals surface area contributed by atoms with Crippen molar-refractivity contribution in [2.45, 2.75) is 6.42 Å². The highest BCUT2D eigenvalue weighted by Crippen LogP contribution is 2.16. The lowest BCUT2D eigenvalue weighted by Crippen LogP contribution is -1.93. The van der Waals surface area contributed by atoms with Crippen LogP contribution >= 0.6 is 0 Å². The summed E-state index contributed by atoms with van der Waals surface area (Å²) in [4.78, 5) is 7.51. The maximum Gasteiger partial charge on any atom is 0.126 e. The zero-order valence-corrected chi connectivity index (χ0v) is 10.0. The summed E-state index contributed by atoms with van der Waals surface area (Å²) in [5.74, 6) is 0.454. The Labute approximate surface area is 109 Å². The quantitative estimate of drug-likeness (QED) is 0.760. The Bertz CT molecular complexity index is 783. The molecule has 0 aliphatic carbocycles. The van der Waals surface area contributed by atoms with Crippen molar-refractivity contribution in [3.63, 3.8) is 0 Å². The lowest BCUT2D eigenvalue weighted by molar-refractivity contribution is 0.612. The highest BCUT2D eigenvalue weighted by molar-refractivity contribution is 5.76. The van der Waals surface area contributed by atoms with Crippen LogP contribution in [0.15, 0.2) is 42.5 Å². The summed E-state index contributed by atoms with van der Waals surface area (Å²) in [6, 6.07) is 14.0. The van der Waals surface area contributed by atoms with Crippen LogP contribution in [0.3, 0.4) is 0 Å². The highest BCUT2D eigenvalue weighted by Gasteiger charge is 2.07. The normalized spacial score (nSPS) is 10.5. The smallest absolute Gasteiger partial charge is 0.126 e. The van der Waals surface area contributed by atoms with Crippen molar-refractivity contribution >= 4 is 11.0 Å². The average molecular weight is 251 g/mol. The summed E-state index contributed by atoms with van der Waals surface area (Å²) in [6.45, 7) is 0. The number of hydrogen-bond donors (Lipinski definition) is 1. The molecule has 0 spiro atoms. The molecular formula is C15H10FN3. The van der Waals surface area contributed by atoms with Crippen LogP contribution in [0.4, 0.5) is 4.39 Å². The highest BCUT2D eigenvalue weighted by atomic mass is 19.1. The fraction of sp³-hybridized carbons (Fsp3) is 0.0667. The van der Waals surface area contributed by atoms with Gasteiger partial charge >= 0.3 is 0 Å². The number of rotatable bonds is 2. The van der Waals surface area contributed by atoms with E-state index in [1.54, 1.807) is 36.4 Å². The van der Waals surface area contributed by atoms with Crippen molar-refractivity contribution in [1.29, 1.82) is 5.26 Å². The van der Waals surface area contributed by atoms with Crippen molar-refractivity contribution < 1.29 is 4.39 Å². The van der Waals surface area contributed by atoms with Crippen molar-refractivity contribution in [3.05, 3.63) is 65.2 Å². The lowest BCUT2D eigenvalue weighted by atomic mass is 10.1. The molecule has 0 saturated carbocycles. The second-order valence-electron chi connectivity index (χ2n) is 4.30. The van der Waals surface area contributed by atoms with Gasteiger partial charge in [-0.1, -0.05) is 18.2 Å². The summed E-state index contributed by atoms with van der Waals surface area (Å²) in [5, 5.41) is 8.84. The molecule has 92 valence electrons. The van der Waals surface area contributed by atoms with E-state index in [9.17, 15) is 4.39 Å². The molecule has 19 heavy (non-hydrogen) atoms. The Kier molecular flexibility index (Phi) is 2.73. The minimum Gasteiger partial charge on any atom is -0.342 e. The number of nitriles is 1. The Hall–Kier alpha value is -2.67. The summed E-state index contributed by atoms with van der Waals surface area (Å²) < 4.78 is 13.6. The molecule has 0 saturated heterocycles. The summed E-state index contributed by atoms with van der Waals surface area (Å²) in [7, 11) is 0. The fourth-order valence-corrected chi connectivity index (χ4v) is 2.04. The van der Waals surface area contributed by atoms with Crippen molar-refractivity contribution in [3.8, 4) is 6.07 Å². The van der Waals surface area contributed by atoms with Crippen molar-refractivity contribution in [2.75, 3.05) is 0 Å². The second kappa shape index (κ2) is 4.54. The first-order valence-corrected chi connectivity index (χ1v) is 5.88. The molecule has 0 radical (unpaired) electrons. The monoisotopic (exact) mass is 251 g/mol. The molecule has 0 bridgehead atoms. The van der Waals surface area contributed by atoms with Gasteiger partial charge in [-0.2, -0.15) is 5.26 Å². The van der Waals surface area contributed by atoms with Crippen LogP contribution in [0.25, 0.3) is 11.0 Å². The Morgan fingerprint density at radius 2 is 2.05 bits per heavy atom. The number of aromatic amines is 1. The Morgan fingerprint density at radius 1 is 1.21 bits per heavy atom. The Balaban J connectivity index is 1.98. The van der Waals surface area contributed by atoms with Gasteiger partial charge in [0, 0.05) is 6.42 Å². The molecule has 3 nitrogen and oxygen atoms in total. The zero-order chi connectivity index (χ0) is 13.2. The van der Waals surface area contributed by atoms with Gasteiger partial charge in [0.05, 0.1) is 22.7 Å². The van der Waals surface area contributed by atoms with Crippen LogP contribution < -0.4 is 0 Å². The van der Waals surface area contributed by atoms with Gasteiger partial charge in [-0.25, -0.2) is 9.37 Å². The summed E-state index contributed by atoms with van der Waals surface area (Å²) in [6.07, 6.45) is 0.406. The van der Waals surface area contributed by atoms with E-state index in [2.05, 4.69) is 16.0 Å². The molecule has 3 aromatic rings. The first-order chi connectivity index (χ1) is 9.26. The van der Waals surface area contributed by atoms with Gasteiger partial charge in [-0.3, -0.25) is 0 Å². The van der Waals surface area contributed by atoms with E-state index in [0.29, 0.717) is 23.4 Å². The molecule has 0 aliphatic rings. The van der Waals surface area contributed by atoms with Crippen LogP contribution in [0.5, 0.6) is 0 Å². The molecule has 0 atom stereocenters. The van der Waals surface area contributed by atoms with E-state index in [4.69, 9.17) is 5.26 Å². The predicted octanol–water partition coefficient (Wildman–Crippen LogP) is 3.16. The number of nitrogens with one attached hydrogen (secondary N) is 1. The number of halogens is 1. The van der Waals surface area contributed by atoms with Crippen LogP contribution in [0.2, 0.25) is 0 Å². The van der Waals surface area contributed by atoms with Crippen LogP contribution in [-0.4, -0.2) is 9.97 Å². The zero-order valence-electron chi connectivity index (χ0n) is 10.0. The first-order valence-electron chi connectivity index (χ1n) is 5.88. The minimum absolute atomic E-state index is 0.235. The maximum absolute atomic E-state index is 13.6. The average Bonchev–Trinajstić information content (AvgIpc) is 2.82. The van der Waals surface area contributed by atoms with E-state index < -0.39 is 0 Å². The maximum atomic E-state index is 13.6. The number of benzene rings is 2. The topological polar surface area (TPSA) is 52.5 Å². The number of nitrogens with zero attached hydrogens (tertiary/aromatic N) is 2. The standard InChI is InChI=1S/C15H10FN3/c16-12-4-2-1-3-11(12)8-15-18-13-6-5-10(9-17)7-14(13)19-15/h1-7H,8H2,(H,18,19). The summed E-state index contributed by atoms with van der Waals surface area (Å²) in [5.41, 5.74) is 2.76. The van der Waals surface area contributed by atoms with E-state index in [0.717, 1.165) is 11.0 Å². The van der Waals surface area contributed by atoms with Crippen molar-refractivity contribution in [2.24, 2.45) is 0 Å². The molecule has 1 aromatic heterocycles. The summed E-state index contributed by atoms with van der Waals surface area (Å²) >= 11 is 0. The fourth-order valence-electron chi connectivity index (χ4n) is 2.04. The molecule has 0 unspecified atom stereocenters. The number of imidazole rings is 1.